The monoisotopic (exact) mass is 365 g/mol. The van der Waals surface area contributed by atoms with Crippen molar-refractivity contribution in [1.29, 1.82) is 0 Å². The Morgan fingerprint density at radius 3 is 2.74 bits per heavy atom. The average Bonchev–Trinajstić information content (AvgIpc) is 2.87. The van der Waals surface area contributed by atoms with Gasteiger partial charge in [0.15, 0.2) is 17.4 Å². The molecule has 0 N–H and O–H groups in total. The van der Waals surface area contributed by atoms with Crippen LogP contribution in [0.15, 0.2) is 54.7 Å². The standard InChI is InChI=1S/C20H16FN3O3/c1-26-17-8-7-13(11-16(17)21)18-22-12-15-19(23-18)27-10-9-24(20(15)25)14-5-3-2-4-6-14/h2-8,11-12H,9-10H2,1H3. The van der Waals surface area contributed by atoms with Crippen LogP contribution in [0.4, 0.5) is 10.1 Å². The van der Waals surface area contributed by atoms with Crippen LogP contribution in [0.5, 0.6) is 11.6 Å². The third kappa shape index (κ3) is 3.19. The normalized spacial score (nSPS) is 13.6. The van der Waals surface area contributed by atoms with E-state index in [2.05, 4.69) is 9.97 Å². The number of hydrogen-bond acceptors (Lipinski definition) is 5. The molecule has 0 bridgehead atoms. The number of para-hydroxylation sites is 1. The summed E-state index contributed by atoms with van der Waals surface area (Å²) in [6.45, 7) is 0.687. The number of ether oxygens (including phenoxy) is 2. The molecule has 6 nitrogen and oxygen atoms in total. The number of carbonyl (C=O) groups excluding carboxylic acids is 1. The van der Waals surface area contributed by atoms with E-state index in [1.165, 1.54) is 25.4 Å². The summed E-state index contributed by atoms with van der Waals surface area (Å²) in [5.74, 6) is -0.142. The Morgan fingerprint density at radius 1 is 1.19 bits per heavy atom. The third-order valence-corrected chi connectivity index (χ3v) is 4.26. The van der Waals surface area contributed by atoms with E-state index in [4.69, 9.17) is 9.47 Å². The molecule has 0 saturated heterocycles. The SMILES string of the molecule is COc1ccc(-c2ncc3c(n2)OCCN(c2ccccc2)C3=O)cc1F. The van der Waals surface area contributed by atoms with Crippen molar-refractivity contribution in [3.63, 3.8) is 0 Å². The first-order valence-electron chi connectivity index (χ1n) is 8.38. The molecule has 3 aromatic rings. The lowest BCUT2D eigenvalue weighted by Gasteiger charge is -2.19. The first kappa shape index (κ1) is 17.0. The Hall–Kier alpha value is -3.48. The second-order valence-corrected chi connectivity index (χ2v) is 5.90. The summed E-state index contributed by atoms with van der Waals surface area (Å²) >= 11 is 0. The third-order valence-electron chi connectivity index (χ3n) is 4.26. The molecule has 7 heteroatoms. The van der Waals surface area contributed by atoms with E-state index >= 15 is 0 Å². The predicted molar refractivity (Wildman–Crippen MR) is 97.6 cm³/mol. The van der Waals surface area contributed by atoms with Gasteiger partial charge in [0.1, 0.15) is 12.2 Å². The van der Waals surface area contributed by atoms with Gasteiger partial charge in [-0.05, 0) is 30.3 Å². The van der Waals surface area contributed by atoms with Crippen molar-refractivity contribution in [2.24, 2.45) is 0 Å². The number of rotatable bonds is 3. The van der Waals surface area contributed by atoms with Crippen LogP contribution in [-0.2, 0) is 0 Å². The maximum atomic E-state index is 14.0. The van der Waals surface area contributed by atoms with E-state index in [0.717, 1.165) is 5.69 Å². The van der Waals surface area contributed by atoms with E-state index in [9.17, 15) is 9.18 Å². The summed E-state index contributed by atoms with van der Waals surface area (Å²) in [5, 5.41) is 0. The molecule has 0 saturated carbocycles. The summed E-state index contributed by atoms with van der Waals surface area (Å²) in [6, 6.07) is 13.8. The van der Waals surface area contributed by atoms with Crippen LogP contribution in [0, 0.1) is 5.82 Å². The Labute approximate surface area is 155 Å². The van der Waals surface area contributed by atoms with Gasteiger partial charge in [-0.2, -0.15) is 4.98 Å². The first-order chi connectivity index (χ1) is 13.2. The summed E-state index contributed by atoms with van der Waals surface area (Å²) in [6.07, 6.45) is 1.42. The molecule has 0 unspecified atom stereocenters. The van der Waals surface area contributed by atoms with Gasteiger partial charge in [0.05, 0.1) is 13.7 Å². The molecule has 0 radical (unpaired) electrons. The Balaban J connectivity index is 1.70. The zero-order valence-corrected chi connectivity index (χ0v) is 14.6. The van der Waals surface area contributed by atoms with E-state index in [0.29, 0.717) is 18.7 Å². The number of amides is 1. The topological polar surface area (TPSA) is 64.6 Å². The highest BCUT2D eigenvalue weighted by Crippen LogP contribution is 2.28. The van der Waals surface area contributed by atoms with Crippen LogP contribution in [-0.4, -0.2) is 36.1 Å². The molecule has 2 heterocycles. The number of carbonyl (C=O) groups is 1. The second-order valence-electron chi connectivity index (χ2n) is 5.90. The summed E-state index contributed by atoms with van der Waals surface area (Å²) in [7, 11) is 1.40. The molecule has 4 rings (SSSR count). The number of methoxy groups -OCH3 is 1. The van der Waals surface area contributed by atoms with Crippen LogP contribution < -0.4 is 14.4 Å². The van der Waals surface area contributed by atoms with Gasteiger partial charge in [-0.3, -0.25) is 4.79 Å². The van der Waals surface area contributed by atoms with E-state index < -0.39 is 5.82 Å². The van der Waals surface area contributed by atoms with E-state index in [1.807, 2.05) is 30.3 Å². The van der Waals surface area contributed by atoms with Crippen molar-refractivity contribution in [2.45, 2.75) is 0 Å². The molecule has 1 aliphatic heterocycles. The molecule has 2 aromatic carbocycles. The van der Waals surface area contributed by atoms with Crippen molar-refractivity contribution < 1.29 is 18.7 Å². The molecule has 27 heavy (non-hydrogen) atoms. The first-order valence-corrected chi connectivity index (χ1v) is 8.38. The number of anilines is 1. The molecule has 1 aromatic heterocycles. The van der Waals surface area contributed by atoms with Gasteiger partial charge in [0.2, 0.25) is 5.88 Å². The summed E-state index contributed by atoms with van der Waals surface area (Å²) in [5.41, 5.74) is 1.52. The highest BCUT2D eigenvalue weighted by atomic mass is 19.1. The lowest BCUT2D eigenvalue weighted by atomic mass is 10.2. The number of nitrogens with zero attached hydrogens (tertiary/aromatic N) is 3. The molecule has 1 amide bonds. The quantitative estimate of drug-likeness (QED) is 0.712. The fraction of sp³-hybridized carbons (Fsp3) is 0.150. The van der Waals surface area contributed by atoms with Gasteiger partial charge in [0, 0.05) is 17.4 Å². The summed E-state index contributed by atoms with van der Waals surface area (Å²) < 4.78 is 24.6. The van der Waals surface area contributed by atoms with E-state index in [1.54, 1.807) is 11.0 Å². The van der Waals surface area contributed by atoms with Gasteiger partial charge in [-0.15, -0.1) is 0 Å². The van der Waals surface area contributed by atoms with Crippen LogP contribution in [0.3, 0.4) is 0 Å². The van der Waals surface area contributed by atoms with E-state index in [-0.39, 0.29) is 28.9 Å². The molecule has 0 fully saturated rings. The Kier molecular flexibility index (Phi) is 4.42. The molecular weight excluding hydrogens is 349 g/mol. The van der Waals surface area contributed by atoms with Crippen LogP contribution in [0.25, 0.3) is 11.4 Å². The number of aromatic nitrogens is 2. The number of halogens is 1. The highest BCUT2D eigenvalue weighted by Gasteiger charge is 2.26. The fourth-order valence-electron chi connectivity index (χ4n) is 2.90. The summed E-state index contributed by atoms with van der Waals surface area (Å²) in [4.78, 5) is 23.1. The van der Waals surface area contributed by atoms with Gasteiger partial charge in [0.25, 0.3) is 5.91 Å². The number of benzene rings is 2. The van der Waals surface area contributed by atoms with Crippen LogP contribution in [0.1, 0.15) is 10.4 Å². The molecule has 1 aliphatic rings. The Bertz CT molecular complexity index is 995. The maximum absolute atomic E-state index is 14.0. The molecular formula is C20H16FN3O3. The van der Waals surface area contributed by atoms with Gasteiger partial charge in [-0.1, -0.05) is 18.2 Å². The molecule has 0 aliphatic carbocycles. The lowest BCUT2D eigenvalue weighted by molar-refractivity contribution is 0.0989. The minimum atomic E-state index is -0.513. The van der Waals surface area contributed by atoms with Crippen molar-refractivity contribution >= 4 is 11.6 Å². The van der Waals surface area contributed by atoms with Gasteiger partial charge in [-0.25, -0.2) is 9.37 Å². The fourth-order valence-corrected chi connectivity index (χ4v) is 2.90. The minimum absolute atomic E-state index is 0.137. The Morgan fingerprint density at radius 2 is 2.00 bits per heavy atom. The van der Waals surface area contributed by atoms with Crippen molar-refractivity contribution in [1.82, 2.24) is 9.97 Å². The lowest BCUT2D eigenvalue weighted by Crippen LogP contribution is -2.32. The zero-order valence-electron chi connectivity index (χ0n) is 14.6. The predicted octanol–water partition coefficient (Wildman–Crippen LogP) is 3.33. The van der Waals surface area contributed by atoms with Gasteiger partial charge >= 0.3 is 0 Å². The molecule has 136 valence electrons. The van der Waals surface area contributed by atoms with Crippen molar-refractivity contribution in [3.8, 4) is 23.0 Å². The van der Waals surface area contributed by atoms with Crippen molar-refractivity contribution in [3.05, 3.63) is 66.1 Å². The highest BCUT2D eigenvalue weighted by molar-refractivity contribution is 6.07. The maximum Gasteiger partial charge on any atom is 0.265 e. The van der Waals surface area contributed by atoms with Crippen molar-refractivity contribution in [2.75, 3.05) is 25.2 Å². The molecule has 0 spiro atoms. The number of fused-ring (bicyclic) bond motifs is 1. The molecule has 0 atom stereocenters. The smallest absolute Gasteiger partial charge is 0.265 e. The zero-order chi connectivity index (χ0) is 18.8. The number of hydrogen-bond donors (Lipinski definition) is 0. The second kappa shape index (κ2) is 7.03. The van der Waals surface area contributed by atoms with Crippen LogP contribution >= 0.6 is 0 Å². The average molecular weight is 365 g/mol. The van der Waals surface area contributed by atoms with Crippen LogP contribution in [0.2, 0.25) is 0 Å². The minimum Gasteiger partial charge on any atom is -0.494 e. The van der Waals surface area contributed by atoms with Gasteiger partial charge < -0.3 is 14.4 Å². The largest absolute Gasteiger partial charge is 0.494 e.